The third-order valence-corrected chi connectivity index (χ3v) is 5.30. The maximum atomic E-state index is 13.1. The Hall–Kier alpha value is -3.09. The van der Waals surface area contributed by atoms with E-state index >= 15 is 0 Å². The standard InChI is InChI=1S/C20H21N3O4/c1-13(16-9-5-11-27-16)21-17(24)12-23-18(25)20(22-19(23)26)10-4-7-14-6-2-3-8-15(14)20/h2-3,5-6,8-9,11,13H,4,7,10,12H2,1H3,(H,21,24)(H,22,26)/t13-,20+/m1/s1. The number of nitrogens with zero attached hydrogens (tertiary/aromatic N) is 1. The van der Waals surface area contributed by atoms with Gasteiger partial charge < -0.3 is 15.1 Å². The van der Waals surface area contributed by atoms with Crippen molar-refractivity contribution in [1.29, 1.82) is 0 Å². The van der Waals surface area contributed by atoms with Crippen LogP contribution in [0.5, 0.6) is 0 Å². The van der Waals surface area contributed by atoms with E-state index in [1.54, 1.807) is 19.1 Å². The first-order valence-corrected chi connectivity index (χ1v) is 9.06. The van der Waals surface area contributed by atoms with Crippen LogP contribution in [0.3, 0.4) is 0 Å². The maximum absolute atomic E-state index is 13.1. The Morgan fingerprint density at radius 3 is 2.89 bits per heavy atom. The van der Waals surface area contributed by atoms with Crippen molar-refractivity contribution in [2.75, 3.05) is 6.54 Å². The molecule has 2 atom stereocenters. The first kappa shape index (κ1) is 17.3. The summed E-state index contributed by atoms with van der Waals surface area (Å²) in [5, 5.41) is 5.60. The van der Waals surface area contributed by atoms with Crippen LogP contribution in [0.1, 0.15) is 42.7 Å². The monoisotopic (exact) mass is 367 g/mol. The van der Waals surface area contributed by atoms with Crippen LogP contribution in [-0.4, -0.2) is 29.3 Å². The summed E-state index contributed by atoms with van der Waals surface area (Å²) in [6.07, 6.45) is 3.75. The van der Waals surface area contributed by atoms with Gasteiger partial charge >= 0.3 is 6.03 Å². The summed E-state index contributed by atoms with van der Waals surface area (Å²) in [7, 11) is 0. The van der Waals surface area contributed by atoms with Gasteiger partial charge in [0.25, 0.3) is 5.91 Å². The lowest BCUT2D eigenvalue weighted by molar-refractivity contribution is -0.135. The van der Waals surface area contributed by atoms with E-state index in [1.165, 1.54) is 6.26 Å². The molecule has 0 bridgehead atoms. The molecule has 1 aromatic heterocycles. The lowest BCUT2D eigenvalue weighted by atomic mass is 9.76. The minimum absolute atomic E-state index is 0.320. The molecule has 1 saturated heterocycles. The second-order valence-electron chi connectivity index (χ2n) is 7.04. The van der Waals surface area contributed by atoms with E-state index in [0.717, 1.165) is 28.9 Å². The fraction of sp³-hybridized carbons (Fsp3) is 0.350. The highest BCUT2D eigenvalue weighted by Crippen LogP contribution is 2.39. The van der Waals surface area contributed by atoms with Gasteiger partial charge in [-0.05, 0) is 49.4 Å². The average molecular weight is 367 g/mol. The summed E-state index contributed by atoms with van der Waals surface area (Å²) in [6.45, 7) is 1.46. The summed E-state index contributed by atoms with van der Waals surface area (Å²) in [5.41, 5.74) is 0.843. The van der Waals surface area contributed by atoms with Crippen molar-refractivity contribution in [1.82, 2.24) is 15.5 Å². The molecule has 0 unspecified atom stereocenters. The third kappa shape index (κ3) is 2.89. The van der Waals surface area contributed by atoms with Crippen molar-refractivity contribution in [3.8, 4) is 0 Å². The van der Waals surface area contributed by atoms with E-state index < -0.39 is 17.5 Å². The van der Waals surface area contributed by atoms with Crippen molar-refractivity contribution in [3.63, 3.8) is 0 Å². The molecular formula is C20H21N3O4. The first-order valence-electron chi connectivity index (χ1n) is 9.06. The highest BCUT2D eigenvalue weighted by atomic mass is 16.3. The molecule has 2 N–H and O–H groups in total. The summed E-state index contributed by atoms with van der Waals surface area (Å²) in [4.78, 5) is 39.1. The number of fused-ring (bicyclic) bond motifs is 2. The summed E-state index contributed by atoms with van der Waals surface area (Å²) >= 11 is 0. The smallest absolute Gasteiger partial charge is 0.325 e. The average Bonchev–Trinajstić information content (AvgIpc) is 3.27. The van der Waals surface area contributed by atoms with Gasteiger partial charge in [-0.25, -0.2) is 4.79 Å². The Bertz CT molecular complexity index is 892. The minimum Gasteiger partial charge on any atom is -0.467 e. The normalized spacial score (nSPS) is 22.5. The largest absolute Gasteiger partial charge is 0.467 e. The number of furan rings is 1. The molecule has 4 rings (SSSR count). The van der Waals surface area contributed by atoms with Gasteiger partial charge in [0.05, 0.1) is 12.3 Å². The van der Waals surface area contributed by atoms with Gasteiger partial charge in [0.2, 0.25) is 5.91 Å². The molecule has 0 saturated carbocycles. The Labute approximate surface area is 156 Å². The van der Waals surface area contributed by atoms with E-state index in [2.05, 4.69) is 10.6 Å². The van der Waals surface area contributed by atoms with Crippen molar-refractivity contribution >= 4 is 17.8 Å². The number of aryl methyl sites for hydroxylation is 1. The lowest BCUT2D eigenvalue weighted by Gasteiger charge is -2.33. The Morgan fingerprint density at radius 1 is 1.30 bits per heavy atom. The van der Waals surface area contributed by atoms with Gasteiger partial charge in [0.1, 0.15) is 17.8 Å². The molecule has 2 aromatic rings. The van der Waals surface area contributed by atoms with Crippen LogP contribution in [0, 0.1) is 0 Å². The second kappa shape index (κ2) is 6.57. The van der Waals surface area contributed by atoms with Gasteiger partial charge in [-0.15, -0.1) is 0 Å². The highest BCUT2D eigenvalue weighted by Gasteiger charge is 2.54. The topological polar surface area (TPSA) is 91.7 Å². The number of carbonyl (C=O) groups is 3. The summed E-state index contributed by atoms with van der Waals surface area (Å²) < 4.78 is 5.26. The van der Waals surface area contributed by atoms with Crippen molar-refractivity contribution in [3.05, 3.63) is 59.5 Å². The Kier molecular flexibility index (Phi) is 4.22. The number of carbonyl (C=O) groups excluding carboxylic acids is 3. The maximum Gasteiger partial charge on any atom is 0.325 e. The predicted octanol–water partition coefficient (Wildman–Crippen LogP) is 2.24. The number of rotatable bonds is 4. The first-order chi connectivity index (χ1) is 13.0. The molecule has 2 aliphatic rings. The zero-order valence-electron chi connectivity index (χ0n) is 15.0. The predicted molar refractivity (Wildman–Crippen MR) is 96.6 cm³/mol. The van der Waals surface area contributed by atoms with E-state index in [4.69, 9.17) is 4.42 Å². The molecule has 7 nitrogen and oxygen atoms in total. The van der Waals surface area contributed by atoms with Crippen LogP contribution in [0.2, 0.25) is 0 Å². The summed E-state index contributed by atoms with van der Waals surface area (Å²) in [6, 6.07) is 10.3. The van der Waals surface area contributed by atoms with Crippen LogP contribution in [-0.2, 0) is 21.5 Å². The van der Waals surface area contributed by atoms with Crippen LogP contribution in [0.15, 0.2) is 47.1 Å². The Balaban J connectivity index is 1.52. The zero-order chi connectivity index (χ0) is 19.0. The number of imide groups is 1. The van der Waals surface area contributed by atoms with E-state index in [9.17, 15) is 14.4 Å². The van der Waals surface area contributed by atoms with Crippen molar-refractivity contribution in [2.24, 2.45) is 0 Å². The van der Waals surface area contributed by atoms with Crippen LogP contribution >= 0.6 is 0 Å². The fourth-order valence-corrected chi connectivity index (χ4v) is 3.99. The fourth-order valence-electron chi connectivity index (χ4n) is 3.99. The number of hydrogen-bond acceptors (Lipinski definition) is 4. The number of benzene rings is 1. The molecule has 0 radical (unpaired) electrons. The molecular weight excluding hydrogens is 346 g/mol. The molecule has 27 heavy (non-hydrogen) atoms. The second-order valence-corrected chi connectivity index (χ2v) is 7.04. The molecule has 140 valence electrons. The summed E-state index contributed by atoms with van der Waals surface area (Å²) in [5.74, 6) is -0.165. The number of amides is 4. The minimum atomic E-state index is -1.06. The third-order valence-electron chi connectivity index (χ3n) is 5.30. The molecule has 1 spiro atoms. The molecule has 1 aliphatic carbocycles. The van der Waals surface area contributed by atoms with Gasteiger partial charge in [-0.1, -0.05) is 24.3 Å². The quantitative estimate of drug-likeness (QED) is 0.811. The molecule has 1 aliphatic heterocycles. The van der Waals surface area contributed by atoms with E-state index in [1.807, 2.05) is 24.3 Å². The van der Waals surface area contributed by atoms with Crippen LogP contribution < -0.4 is 10.6 Å². The van der Waals surface area contributed by atoms with Gasteiger partial charge in [-0.3, -0.25) is 14.5 Å². The van der Waals surface area contributed by atoms with E-state index in [-0.39, 0.29) is 18.5 Å². The molecule has 4 amide bonds. The molecule has 2 heterocycles. The van der Waals surface area contributed by atoms with Crippen LogP contribution in [0.25, 0.3) is 0 Å². The molecule has 1 aromatic carbocycles. The van der Waals surface area contributed by atoms with Crippen molar-refractivity contribution < 1.29 is 18.8 Å². The van der Waals surface area contributed by atoms with Gasteiger partial charge in [0, 0.05) is 0 Å². The van der Waals surface area contributed by atoms with Crippen LogP contribution in [0.4, 0.5) is 4.79 Å². The van der Waals surface area contributed by atoms with E-state index in [0.29, 0.717) is 12.2 Å². The number of nitrogens with one attached hydrogen (secondary N) is 2. The number of hydrogen-bond donors (Lipinski definition) is 2. The number of urea groups is 1. The lowest BCUT2D eigenvalue weighted by Crippen LogP contribution is -2.47. The molecule has 1 fully saturated rings. The molecule has 7 heteroatoms. The van der Waals surface area contributed by atoms with Gasteiger partial charge in [-0.2, -0.15) is 0 Å². The highest BCUT2D eigenvalue weighted by molar-refractivity contribution is 6.09. The van der Waals surface area contributed by atoms with Gasteiger partial charge in [0.15, 0.2) is 0 Å². The SMILES string of the molecule is C[C@@H](NC(=O)CN1C(=O)N[C@]2(CCCc3ccccc32)C1=O)c1ccco1. The zero-order valence-corrected chi connectivity index (χ0v) is 15.0. The Morgan fingerprint density at radius 2 is 2.11 bits per heavy atom. The van der Waals surface area contributed by atoms with Crippen molar-refractivity contribution in [2.45, 2.75) is 37.8 Å².